The van der Waals surface area contributed by atoms with Crippen molar-refractivity contribution in [3.63, 3.8) is 0 Å². The molecule has 1 fully saturated rings. The molecule has 0 spiro atoms. The van der Waals surface area contributed by atoms with Crippen molar-refractivity contribution >= 4 is 23.2 Å². The molecular formula is C15H17Cl2N3O2. The standard InChI is InChI=1S/C15H17Cl2N3O2/c1-2-11(12-4-3-10(16)7-13(12)17)14(15-21-5-6-22-15)20-9-18-8-19-20/h3-4,7-9,11,14-15H,2,5-6H2,1H3. The maximum atomic E-state index is 6.40. The highest BCUT2D eigenvalue weighted by molar-refractivity contribution is 6.35. The zero-order valence-corrected chi connectivity index (χ0v) is 13.7. The first-order chi connectivity index (χ1) is 10.7. The molecule has 0 aliphatic carbocycles. The zero-order valence-electron chi connectivity index (χ0n) is 12.2. The fourth-order valence-corrected chi connectivity index (χ4v) is 3.44. The minimum atomic E-state index is -0.363. The van der Waals surface area contributed by atoms with Crippen molar-refractivity contribution in [1.82, 2.24) is 14.8 Å². The Balaban J connectivity index is 2.00. The number of benzene rings is 1. The Hall–Kier alpha value is -1.14. The van der Waals surface area contributed by atoms with Gasteiger partial charge in [0, 0.05) is 16.0 Å². The van der Waals surface area contributed by atoms with E-state index in [-0.39, 0.29) is 18.2 Å². The van der Waals surface area contributed by atoms with E-state index in [9.17, 15) is 0 Å². The maximum Gasteiger partial charge on any atom is 0.180 e. The molecule has 1 saturated heterocycles. The molecule has 1 aliphatic heterocycles. The van der Waals surface area contributed by atoms with Crippen LogP contribution in [0.1, 0.15) is 30.9 Å². The summed E-state index contributed by atoms with van der Waals surface area (Å²) in [6.07, 6.45) is 3.69. The van der Waals surface area contributed by atoms with Gasteiger partial charge in [-0.3, -0.25) is 0 Å². The van der Waals surface area contributed by atoms with E-state index in [2.05, 4.69) is 17.0 Å². The minimum Gasteiger partial charge on any atom is -0.348 e. The van der Waals surface area contributed by atoms with Crippen molar-refractivity contribution in [2.24, 2.45) is 0 Å². The molecule has 2 atom stereocenters. The van der Waals surface area contributed by atoms with E-state index in [1.807, 2.05) is 12.1 Å². The van der Waals surface area contributed by atoms with Gasteiger partial charge >= 0.3 is 0 Å². The molecule has 0 amide bonds. The van der Waals surface area contributed by atoms with Gasteiger partial charge in [0.25, 0.3) is 0 Å². The lowest BCUT2D eigenvalue weighted by Gasteiger charge is -2.30. The molecule has 0 saturated carbocycles. The number of nitrogens with zero attached hydrogens (tertiary/aromatic N) is 3. The molecular weight excluding hydrogens is 325 g/mol. The van der Waals surface area contributed by atoms with Crippen LogP contribution >= 0.6 is 23.2 Å². The lowest BCUT2D eigenvalue weighted by atomic mass is 9.88. The monoisotopic (exact) mass is 341 g/mol. The summed E-state index contributed by atoms with van der Waals surface area (Å²) >= 11 is 12.4. The van der Waals surface area contributed by atoms with Crippen LogP contribution in [0.2, 0.25) is 10.0 Å². The summed E-state index contributed by atoms with van der Waals surface area (Å²) in [5.74, 6) is 0.0783. The zero-order chi connectivity index (χ0) is 15.5. The molecule has 118 valence electrons. The number of halogens is 2. The van der Waals surface area contributed by atoms with Gasteiger partial charge in [0.2, 0.25) is 0 Å². The van der Waals surface area contributed by atoms with Crippen molar-refractivity contribution in [1.29, 1.82) is 0 Å². The average molecular weight is 342 g/mol. The van der Waals surface area contributed by atoms with Gasteiger partial charge in [0.15, 0.2) is 6.29 Å². The summed E-state index contributed by atoms with van der Waals surface area (Å²) in [5, 5.41) is 5.54. The van der Waals surface area contributed by atoms with Crippen LogP contribution in [0.5, 0.6) is 0 Å². The van der Waals surface area contributed by atoms with Crippen LogP contribution in [0.25, 0.3) is 0 Å². The normalized spacial score (nSPS) is 18.5. The van der Waals surface area contributed by atoms with Crippen LogP contribution in [0.3, 0.4) is 0 Å². The van der Waals surface area contributed by atoms with Gasteiger partial charge in [-0.2, -0.15) is 5.10 Å². The molecule has 2 aromatic rings. The molecule has 5 nitrogen and oxygen atoms in total. The third-order valence-electron chi connectivity index (χ3n) is 3.88. The van der Waals surface area contributed by atoms with Gasteiger partial charge in [-0.1, -0.05) is 36.2 Å². The second-order valence-corrected chi connectivity index (χ2v) is 6.00. The van der Waals surface area contributed by atoms with E-state index >= 15 is 0 Å². The van der Waals surface area contributed by atoms with Gasteiger partial charge < -0.3 is 9.47 Å². The van der Waals surface area contributed by atoms with E-state index in [0.29, 0.717) is 23.3 Å². The number of hydrogen-bond acceptors (Lipinski definition) is 4. The van der Waals surface area contributed by atoms with Crippen LogP contribution in [0.4, 0.5) is 0 Å². The van der Waals surface area contributed by atoms with Crippen molar-refractivity contribution in [3.8, 4) is 0 Å². The number of rotatable bonds is 5. The van der Waals surface area contributed by atoms with E-state index in [4.69, 9.17) is 32.7 Å². The van der Waals surface area contributed by atoms with Gasteiger partial charge in [0.05, 0.1) is 13.2 Å². The predicted molar refractivity (Wildman–Crippen MR) is 84.2 cm³/mol. The fourth-order valence-electron chi connectivity index (χ4n) is 2.89. The summed E-state index contributed by atoms with van der Waals surface area (Å²) in [6.45, 7) is 3.27. The van der Waals surface area contributed by atoms with Gasteiger partial charge in [-0.25, -0.2) is 9.67 Å². The van der Waals surface area contributed by atoms with Crippen LogP contribution < -0.4 is 0 Å². The van der Waals surface area contributed by atoms with Gasteiger partial charge in [-0.15, -0.1) is 0 Å². The Morgan fingerprint density at radius 3 is 2.68 bits per heavy atom. The fraction of sp³-hybridized carbons (Fsp3) is 0.467. The average Bonchev–Trinajstić information content (AvgIpc) is 3.19. The minimum absolute atomic E-state index is 0.0783. The van der Waals surface area contributed by atoms with E-state index in [1.165, 1.54) is 6.33 Å². The SMILES string of the molecule is CCC(c1ccc(Cl)cc1Cl)C(C1OCCO1)n1cncn1. The molecule has 2 unspecified atom stereocenters. The molecule has 1 aromatic carbocycles. The topological polar surface area (TPSA) is 49.2 Å². The second-order valence-electron chi connectivity index (χ2n) is 5.16. The Labute approximate surface area is 139 Å². The largest absolute Gasteiger partial charge is 0.348 e. The van der Waals surface area contributed by atoms with E-state index in [1.54, 1.807) is 17.1 Å². The second kappa shape index (κ2) is 6.96. The summed E-state index contributed by atoms with van der Waals surface area (Å²) in [5.41, 5.74) is 1.01. The lowest BCUT2D eigenvalue weighted by molar-refractivity contribution is -0.0882. The highest BCUT2D eigenvalue weighted by atomic mass is 35.5. The highest BCUT2D eigenvalue weighted by Gasteiger charge is 2.36. The molecule has 0 radical (unpaired) electrons. The number of aromatic nitrogens is 3. The summed E-state index contributed by atoms with van der Waals surface area (Å²) in [6, 6.07) is 5.43. The molecule has 3 rings (SSSR count). The molecule has 0 bridgehead atoms. The van der Waals surface area contributed by atoms with Crippen molar-refractivity contribution in [2.45, 2.75) is 31.6 Å². The van der Waals surface area contributed by atoms with Crippen LogP contribution in [0.15, 0.2) is 30.9 Å². The molecule has 2 heterocycles. The van der Waals surface area contributed by atoms with E-state index < -0.39 is 0 Å². The first-order valence-corrected chi connectivity index (χ1v) is 7.98. The third-order valence-corrected chi connectivity index (χ3v) is 4.44. The molecule has 0 N–H and O–H groups in total. The van der Waals surface area contributed by atoms with E-state index in [0.717, 1.165) is 12.0 Å². The third kappa shape index (κ3) is 3.13. The van der Waals surface area contributed by atoms with Crippen LogP contribution in [-0.2, 0) is 9.47 Å². The summed E-state index contributed by atoms with van der Waals surface area (Å²) in [4.78, 5) is 4.05. The number of ether oxygens (including phenoxy) is 2. The molecule has 7 heteroatoms. The smallest absolute Gasteiger partial charge is 0.180 e. The first kappa shape index (κ1) is 15.7. The van der Waals surface area contributed by atoms with Crippen molar-refractivity contribution in [2.75, 3.05) is 13.2 Å². The first-order valence-electron chi connectivity index (χ1n) is 7.23. The lowest BCUT2D eigenvalue weighted by Crippen LogP contribution is -2.31. The van der Waals surface area contributed by atoms with Crippen LogP contribution in [-0.4, -0.2) is 34.3 Å². The maximum absolute atomic E-state index is 6.40. The van der Waals surface area contributed by atoms with Crippen LogP contribution in [0, 0.1) is 0 Å². The van der Waals surface area contributed by atoms with Crippen molar-refractivity contribution < 1.29 is 9.47 Å². The molecule has 1 aliphatic rings. The van der Waals surface area contributed by atoms with Crippen molar-refractivity contribution in [3.05, 3.63) is 46.5 Å². The quantitative estimate of drug-likeness (QED) is 0.831. The summed E-state index contributed by atoms with van der Waals surface area (Å²) < 4.78 is 13.2. The number of hydrogen-bond donors (Lipinski definition) is 0. The highest BCUT2D eigenvalue weighted by Crippen LogP contribution is 2.40. The summed E-state index contributed by atoms with van der Waals surface area (Å²) in [7, 11) is 0. The van der Waals surface area contributed by atoms with Gasteiger partial charge in [-0.05, 0) is 24.1 Å². The molecule has 22 heavy (non-hydrogen) atoms. The Morgan fingerprint density at radius 1 is 1.32 bits per heavy atom. The Morgan fingerprint density at radius 2 is 2.09 bits per heavy atom. The molecule has 1 aromatic heterocycles. The predicted octanol–water partition coefficient (Wildman–Crippen LogP) is 3.69. The van der Waals surface area contributed by atoms with Gasteiger partial charge in [0.1, 0.15) is 18.7 Å². The Bertz CT molecular complexity index is 615. The Kier molecular flexibility index (Phi) is 4.98.